The highest BCUT2D eigenvalue weighted by Gasteiger charge is 2.45. The number of aromatic nitrogens is 1. The van der Waals surface area contributed by atoms with Crippen molar-refractivity contribution in [3.8, 4) is 0 Å². The number of nitrogens with zero attached hydrogens (tertiary/aromatic N) is 3. The van der Waals surface area contributed by atoms with Gasteiger partial charge in [-0.1, -0.05) is 66.7 Å². The maximum atomic E-state index is 11.8. The van der Waals surface area contributed by atoms with E-state index in [9.17, 15) is 17.8 Å². The minimum absolute atomic E-state index is 0.223. The van der Waals surface area contributed by atoms with Crippen LogP contribution in [0, 0.1) is 0 Å². The van der Waals surface area contributed by atoms with E-state index in [0.717, 1.165) is 0 Å². The number of carbonyl (C=O) groups excluding carboxylic acids is 1. The molecule has 0 radical (unpaired) electrons. The third-order valence-corrected chi connectivity index (χ3v) is 11.2. The molecule has 0 saturated carbocycles. The molecule has 9 nitrogen and oxygen atoms in total. The summed E-state index contributed by atoms with van der Waals surface area (Å²) in [7, 11) is -6.75. The molecule has 1 fully saturated rings. The molecule has 1 atom stereocenters. The SMILES string of the molecule is CC=C[P+](c1ccccc1)(c1ccccc1)c1ccccc1.O=C1N2CC=C(c3cnco3)C(C2)N1OS(=O)(=O)[O-]. The molecular formula is C30H28N3O6PS. The number of amides is 2. The first-order valence-corrected chi connectivity index (χ1v) is 16.0. The van der Waals surface area contributed by atoms with Crippen molar-refractivity contribution in [2.75, 3.05) is 13.1 Å². The van der Waals surface area contributed by atoms with Crippen LogP contribution >= 0.6 is 7.26 Å². The lowest BCUT2D eigenvalue weighted by Crippen LogP contribution is -2.36. The van der Waals surface area contributed by atoms with Crippen molar-refractivity contribution in [2.24, 2.45) is 0 Å². The summed E-state index contributed by atoms with van der Waals surface area (Å²) in [5.74, 6) is 2.81. The lowest BCUT2D eigenvalue weighted by atomic mass is 10.0. The quantitative estimate of drug-likeness (QED) is 0.181. The Hall–Kier alpha value is -4.08. The van der Waals surface area contributed by atoms with Crippen molar-refractivity contribution in [3.63, 3.8) is 0 Å². The van der Waals surface area contributed by atoms with Gasteiger partial charge in [-0.15, -0.1) is 0 Å². The Morgan fingerprint density at radius 2 is 1.49 bits per heavy atom. The van der Waals surface area contributed by atoms with Crippen LogP contribution in [0.2, 0.25) is 0 Å². The van der Waals surface area contributed by atoms with Crippen molar-refractivity contribution in [1.29, 1.82) is 0 Å². The van der Waals surface area contributed by atoms with Crippen LogP contribution in [-0.4, -0.2) is 53.1 Å². The molecule has 11 heteroatoms. The summed E-state index contributed by atoms with van der Waals surface area (Å²) < 4.78 is 41.3. The van der Waals surface area contributed by atoms with Crippen molar-refractivity contribution in [2.45, 2.75) is 13.0 Å². The van der Waals surface area contributed by atoms with Gasteiger partial charge < -0.3 is 13.9 Å². The van der Waals surface area contributed by atoms with E-state index < -0.39 is 29.7 Å². The van der Waals surface area contributed by atoms with Crippen LogP contribution in [0.5, 0.6) is 0 Å². The number of rotatable bonds is 7. The molecule has 1 saturated heterocycles. The van der Waals surface area contributed by atoms with Crippen LogP contribution in [0.4, 0.5) is 4.79 Å². The molecule has 1 unspecified atom stereocenters. The normalized spacial score (nSPS) is 16.9. The van der Waals surface area contributed by atoms with Gasteiger partial charge in [0.1, 0.15) is 29.2 Å². The number of allylic oxidation sites excluding steroid dienone is 1. The van der Waals surface area contributed by atoms with Crippen LogP contribution in [0.3, 0.4) is 0 Å². The maximum absolute atomic E-state index is 11.8. The maximum Gasteiger partial charge on any atom is 0.346 e. The third-order valence-electron chi connectivity index (χ3n) is 6.78. The highest BCUT2D eigenvalue weighted by molar-refractivity contribution is 7.98. The largest absolute Gasteiger partial charge is 0.724 e. The fourth-order valence-electron chi connectivity index (χ4n) is 5.08. The average Bonchev–Trinajstić information content (AvgIpc) is 3.61. The summed E-state index contributed by atoms with van der Waals surface area (Å²) in [6.45, 7) is 2.62. The molecule has 41 heavy (non-hydrogen) atoms. The highest BCUT2D eigenvalue weighted by Crippen LogP contribution is 2.56. The van der Waals surface area contributed by atoms with E-state index in [1.165, 1.54) is 33.4 Å². The fourth-order valence-corrected chi connectivity index (χ4v) is 9.23. The smallest absolute Gasteiger partial charge is 0.346 e. The molecule has 2 aliphatic heterocycles. The Labute approximate surface area is 239 Å². The van der Waals surface area contributed by atoms with Crippen molar-refractivity contribution in [3.05, 3.63) is 127 Å². The van der Waals surface area contributed by atoms with Crippen LogP contribution in [-0.2, 0) is 14.7 Å². The molecule has 1 aromatic heterocycles. The number of urea groups is 1. The van der Waals surface area contributed by atoms with Gasteiger partial charge in [-0.05, 0) is 43.3 Å². The van der Waals surface area contributed by atoms with Crippen LogP contribution in [0.15, 0.2) is 126 Å². The second kappa shape index (κ2) is 12.2. The number of carbonyl (C=O) groups is 1. The lowest BCUT2D eigenvalue weighted by molar-refractivity contribution is -0.0174. The van der Waals surface area contributed by atoms with Crippen molar-refractivity contribution < 1.29 is 26.5 Å². The first kappa shape index (κ1) is 28.4. The number of fused-ring (bicyclic) bond motifs is 2. The summed E-state index contributed by atoms with van der Waals surface area (Å²) in [4.78, 5) is 16.9. The summed E-state index contributed by atoms with van der Waals surface area (Å²) in [5.41, 5.74) is 0.559. The topological polar surface area (TPSA) is 116 Å². The second-order valence-corrected chi connectivity index (χ2v) is 13.5. The highest BCUT2D eigenvalue weighted by atomic mass is 32.3. The Morgan fingerprint density at radius 1 is 0.951 bits per heavy atom. The van der Waals surface area contributed by atoms with E-state index in [1.807, 2.05) is 0 Å². The average molecular weight is 590 g/mol. The molecule has 6 rings (SSSR count). The molecule has 210 valence electrons. The monoisotopic (exact) mass is 589 g/mol. The molecule has 2 aliphatic rings. The second-order valence-electron chi connectivity index (χ2n) is 9.25. The van der Waals surface area contributed by atoms with Crippen LogP contribution < -0.4 is 15.9 Å². The number of hydrogen-bond acceptors (Lipinski definition) is 7. The molecule has 0 spiro atoms. The Bertz CT molecular complexity index is 1530. The van der Waals surface area contributed by atoms with Gasteiger partial charge in [-0.3, -0.25) is 0 Å². The fraction of sp³-hybridized carbons (Fsp3) is 0.133. The molecule has 4 aromatic rings. The van der Waals surface area contributed by atoms with Crippen molar-refractivity contribution >= 4 is 45.2 Å². The van der Waals surface area contributed by atoms with Crippen molar-refractivity contribution in [1.82, 2.24) is 14.9 Å². The zero-order valence-corrected chi connectivity index (χ0v) is 23.9. The molecule has 3 heterocycles. The third kappa shape index (κ3) is 6.01. The van der Waals surface area contributed by atoms with E-state index in [4.69, 9.17) is 4.42 Å². The van der Waals surface area contributed by atoms with Gasteiger partial charge in [-0.2, -0.15) is 9.35 Å². The van der Waals surface area contributed by atoms with Gasteiger partial charge >= 0.3 is 6.03 Å². The van der Waals surface area contributed by atoms with Gasteiger partial charge in [0.2, 0.25) is 10.4 Å². The standard InChI is InChI=1S/C21H20P.C9H9N3O6S/c1-2-18-22(19-12-6-3-7-13-19,20-14-8-4-9-15-20)21-16-10-5-11-17-21;13-9-11-2-1-6(8-3-10-5-17-8)7(4-11)12(9)18-19(14,15)16/h2-18H,1H3;1,3,5,7H,2,4H2,(H,14,15,16)/q+1;/p-1. The molecule has 0 N–H and O–H groups in total. The Balaban J connectivity index is 0.000000166. The lowest BCUT2D eigenvalue weighted by Gasteiger charge is -2.23. The summed E-state index contributed by atoms with van der Waals surface area (Å²) in [6, 6.07) is 31.3. The zero-order valence-electron chi connectivity index (χ0n) is 22.2. The summed E-state index contributed by atoms with van der Waals surface area (Å²) in [6.07, 6.45) is 6.55. The number of benzene rings is 3. The predicted molar refractivity (Wildman–Crippen MR) is 158 cm³/mol. The van der Waals surface area contributed by atoms with Gasteiger partial charge in [0.25, 0.3) is 0 Å². The molecule has 0 aliphatic carbocycles. The van der Waals surface area contributed by atoms with E-state index in [0.29, 0.717) is 16.4 Å². The van der Waals surface area contributed by atoms with Crippen LogP contribution in [0.25, 0.3) is 5.57 Å². The van der Waals surface area contributed by atoms with Gasteiger partial charge in [0, 0.05) is 12.1 Å². The van der Waals surface area contributed by atoms with Gasteiger partial charge in [0.05, 0.1) is 18.6 Å². The van der Waals surface area contributed by atoms with Gasteiger partial charge in [-0.25, -0.2) is 18.2 Å². The molecule has 2 bridgehead atoms. The first-order chi connectivity index (χ1) is 19.8. The minimum Gasteiger partial charge on any atom is -0.724 e. The number of hydroxylamine groups is 2. The Morgan fingerprint density at radius 3 is 1.93 bits per heavy atom. The van der Waals surface area contributed by atoms with Crippen LogP contribution in [0.1, 0.15) is 12.7 Å². The summed E-state index contributed by atoms with van der Waals surface area (Å²) in [5, 5.41) is 4.74. The predicted octanol–water partition coefficient (Wildman–Crippen LogP) is 4.08. The zero-order chi connectivity index (χ0) is 28.9. The van der Waals surface area contributed by atoms with E-state index in [1.54, 1.807) is 6.08 Å². The summed E-state index contributed by atoms with van der Waals surface area (Å²) >= 11 is 0. The molecular weight excluding hydrogens is 561 g/mol. The number of oxazole rings is 1. The minimum atomic E-state index is -5.02. The molecule has 3 aromatic carbocycles. The Kier molecular flexibility index (Phi) is 8.46. The van der Waals surface area contributed by atoms with E-state index in [2.05, 4.69) is 119 Å². The number of hydrogen-bond donors (Lipinski definition) is 0. The van der Waals surface area contributed by atoms with Gasteiger partial charge in [0.15, 0.2) is 12.2 Å². The van der Waals surface area contributed by atoms with E-state index >= 15 is 0 Å². The molecule has 2 amide bonds. The first-order valence-electron chi connectivity index (χ1n) is 12.9. The van der Waals surface area contributed by atoms with E-state index in [-0.39, 0.29) is 13.1 Å².